The standard InChI is InChI=1S/C14H28N3/c1-14(17-12-10-15(2)11-13-17)6-9-16-7-4-3-5-8-16/h14H,1,3-13H2,2H3. The Bertz CT molecular complexity index is 206. The molecule has 99 valence electrons. The van der Waals surface area contributed by atoms with Crippen LogP contribution in [0, 0.1) is 6.92 Å². The zero-order valence-corrected chi connectivity index (χ0v) is 11.4. The summed E-state index contributed by atoms with van der Waals surface area (Å²) in [4.78, 5) is 7.59. The normalized spacial score (nSPS) is 27.2. The molecule has 0 aromatic carbocycles. The Morgan fingerprint density at radius 2 is 1.59 bits per heavy atom. The van der Waals surface area contributed by atoms with Crippen molar-refractivity contribution in [2.24, 2.45) is 0 Å². The van der Waals surface area contributed by atoms with Gasteiger partial charge in [0.05, 0.1) is 0 Å². The third-order valence-corrected chi connectivity index (χ3v) is 4.28. The molecular weight excluding hydrogens is 210 g/mol. The molecule has 0 aromatic rings. The average Bonchev–Trinajstić information content (AvgIpc) is 2.38. The molecule has 2 heterocycles. The van der Waals surface area contributed by atoms with Gasteiger partial charge in [-0.1, -0.05) is 6.42 Å². The molecule has 0 bridgehead atoms. The van der Waals surface area contributed by atoms with Gasteiger partial charge in [-0.15, -0.1) is 0 Å². The van der Waals surface area contributed by atoms with Crippen molar-refractivity contribution in [3.8, 4) is 0 Å². The Morgan fingerprint density at radius 1 is 0.941 bits per heavy atom. The number of piperazine rings is 1. The first kappa shape index (κ1) is 13.3. The van der Waals surface area contributed by atoms with Gasteiger partial charge in [0.25, 0.3) is 0 Å². The maximum atomic E-state index is 4.35. The van der Waals surface area contributed by atoms with Crippen molar-refractivity contribution in [3.05, 3.63) is 6.92 Å². The monoisotopic (exact) mass is 238 g/mol. The van der Waals surface area contributed by atoms with E-state index in [4.69, 9.17) is 0 Å². The number of piperidine rings is 1. The minimum absolute atomic E-state index is 0.519. The van der Waals surface area contributed by atoms with Crippen LogP contribution in [0.2, 0.25) is 0 Å². The van der Waals surface area contributed by atoms with E-state index in [0.29, 0.717) is 6.04 Å². The van der Waals surface area contributed by atoms with Crippen LogP contribution in [0.15, 0.2) is 0 Å². The van der Waals surface area contributed by atoms with Gasteiger partial charge in [0.15, 0.2) is 0 Å². The summed E-state index contributed by atoms with van der Waals surface area (Å²) in [5, 5.41) is 0. The number of rotatable bonds is 4. The maximum Gasteiger partial charge on any atom is 0.0113 e. The van der Waals surface area contributed by atoms with Crippen LogP contribution < -0.4 is 0 Å². The molecule has 2 fully saturated rings. The van der Waals surface area contributed by atoms with Gasteiger partial charge in [0, 0.05) is 32.2 Å². The first-order valence-electron chi connectivity index (χ1n) is 7.24. The van der Waals surface area contributed by atoms with Crippen molar-refractivity contribution in [1.29, 1.82) is 0 Å². The van der Waals surface area contributed by atoms with Crippen LogP contribution in [0.25, 0.3) is 0 Å². The lowest BCUT2D eigenvalue weighted by atomic mass is 10.1. The van der Waals surface area contributed by atoms with Gasteiger partial charge < -0.3 is 9.80 Å². The molecular formula is C14H28N3. The number of hydrogen-bond donors (Lipinski definition) is 0. The lowest BCUT2D eigenvalue weighted by molar-refractivity contribution is 0.114. The Balaban J connectivity index is 1.64. The van der Waals surface area contributed by atoms with E-state index in [0.717, 1.165) is 0 Å². The Labute approximate surface area is 107 Å². The highest BCUT2D eigenvalue weighted by atomic mass is 15.3. The van der Waals surface area contributed by atoms with Gasteiger partial charge >= 0.3 is 0 Å². The Morgan fingerprint density at radius 3 is 2.24 bits per heavy atom. The van der Waals surface area contributed by atoms with Crippen molar-refractivity contribution >= 4 is 0 Å². The van der Waals surface area contributed by atoms with Crippen LogP contribution in [0.3, 0.4) is 0 Å². The molecule has 2 aliphatic rings. The Hall–Kier alpha value is -0.120. The summed E-state index contributed by atoms with van der Waals surface area (Å²) in [5.74, 6) is 0. The second-order valence-corrected chi connectivity index (χ2v) is 5.68. The van der Waals surface area contributed by atoms with Gasteiger partial charge in [-0.3, -0.25) is 4.90 Å². The number of hydrogen-bond acceptors (Lipinski definition) is 3. The number of nitrogens with zero attached hydrogens (tertiary/aromatic N) is 3. The molecule has 2 rings (SSSR count). The number of likely N-dealkylation sites (N-methyl/N-ethyl adjacent to an activating group) is 1. The van der Waals surface area contributed by atoms with Crippen molar-refractivity contribution in [2.75, 3.05) is 52.9 Å². The first-order valence-corrected chi connectivity index (χ1v) is 7.24. The lowest BCUT2D eigenvalue weighted by Crippen LogP contribution is -2.49. The summed E-state index contributed by atoms with van der Waals surface area (Å²) >= 11 is 0. The molecule has 3 nitrogen and oxygen atoms in total. The summed E-state index contributed by atoms with van der Waals surface area (Å²) in [6, 6.07) is 0.519. The van der Waals surface area contributed by atoms with Gasteiger partial charge in [0.1, 0.15) is 0 Å². The van der Waals surface area contributed by atoms with E-state index < -0.39 is 0 Å². The zero-order chi connectivity index (χ0) is 12.1. The van der Waals surface area contributed by atoms with E-state index in [-0.39, 0.29) is 0 Å². The van der Waals surface area contributed by atoms with Crippen LogP contribution >= 0.6 is 0 Å². The van der Waals surface area contributed by atoms with E-state index in [2.05, 4.69) is 28.7 Å². The molecule has 1 atom stereocenters. The molecule has 0 N–H and O–H groups in total. The van der Waals surface area contributed by atoms with Gasteiger partial charge in [0.2, 0.25) is 0 Å². The van der Waals surface area contributed by atoms with E-state index in [9.17, 15) is 0 Å². The molecule has 1 unspecified atom stereocenters. The van der Waals surface area contributed by atoms with E-state index in [1.54, 1.807) is 0 Å². The molecule has 0 aromatic heterocycles. The van der Waals surface area contributed by atoms with Gasteiger partial charge in [-0.05, 0) is 52.9 Å². The predicted octanol–water partition coefficient (Wildman–Crippen LogP) is 1.31. The summed E-state index contributed by atoms with van der Waals surface area (Å²) in [5.41, 5.74) is 0. The van der Waals surface area contributed by atoms with Crippen molar-refractivity contribution in [3.63, 3.8) is 0 Å². The fourth-order valence-electron chi connectivity index (χ4n) is 2.88. The van der Waals surface area contributed by atoms with Crippen molar-refractivity contribution in [1.82, 2.24) is 14.7 Å². The average molecular weight is 238 g/mol. The highest BCUT2D eigenvalue weighted by Crippen LogP contribution is 2.12. The van der Waals surface area contributed by atoms with Crippen LogP contribution in [0.4, 0.5) is 0 Å². The first-order chi connectivity index (χ1) is 8.25. The quantitative estimate of drug-likeness (QED) is 0.731. The van der Waals surface area contributed by atoms with E-state index in [1.807, 2.05) is 0 Å². The predicted molar refractivity (Wildman–Crippen MR) is 73.1 cm³/mol. The summed E-state index contributed by atoms with van der Waals surface area (Å²) in [7, 11) is 2.21. The molecule has 0 spiro atoms. The SMILES string of the molecule is [CH2]C(CCN1CCCCC1)N1CCN(C)CC1. The van der Waals surface area contributed by atoms with E-state index >= 15 is 0 Å². The maximum absolute atomic E-state index is 4.35. The van der Waals surface area contributed by atoms with Crippen LogP contribution in [-0.2, 0) is 0 Å². The Kier molecular flexibility index (Phi) is 5.26. The van der Waals surface area contributed by atoms with Crippen molar-refractivity contribution < 1.29 is 0 Å². The molecule has 0 amide bonds. The van der Waals surface area contributed by atoms with E-state index in [1.165, 1.54) is 71.5 Å². The summed E-state index contributed by atoms with van der Waals surface area (Å²) in [6.45, 7) is 13.0. The zero-order valence-electron chi connectivity index (χ0n) is 11.4. The van der Waals surface area contributed by atoms with Gasteiger partial charge in [-0.25, -0.2) is 0 Å². The minimum Gasteiger partial charge on any atom is -0.304 e. The third-order valence-electron chi connectivity index (χ3n) is 4.28. The molecule has 2 saturated heterocycles. The topological polar surface area (TPSA) is 9.72 Å². The largest absolute Gasteiger partial charge is 0.304 e. The smallest absolute Gasteiger partial charge is 0.0113 e. The third kappa shape index (κ3) is 4.23. The summed E-state index contributed by atoms with van der Waals surface area (Å²) < 4.78 is 0. The highest BCUT2D eigenvalue weighted by molar-refractivity contribution is 4.80. The number of likely N-dealkylation sites (tertiary alicyclic amines) is 1. The molecule has 0 aliphatic carbocycles. The molecule has 0 saturated carbocycles. The molecule has 17 heavy (non-hydrogen) atoms. The summed E-state index contributed by atoms with van der Waals surface area (Å²) in [6.07, 6.45) is 5.47. The second-order valence-electron chi connectivity index (χ2n) is 5.68. The second kappa shape index (κ2) is 6.72. The highest BCUT2D eigenvalue weighted by Gasteiger charge is 2.20. The molecule has 3 heteroatoms. The van der Waals surface area contributed by atoms with Gasteiger partial charge in [-0.2, -0.15) is 0 Å². The molecule has 2 aliphatic heterocycles. The van der Waals surface area contributed by atoms with Crippen molar-refractivity contribution in [2.45, 2.75) is 31.7 Å². The minimum atomic E-state index is 0.519. The fourth-order valence-corrected chi connectivity index (χ4v) is 2.88. The van der Waals surface area contributed by atoms with Crippen LogP contribution in [0.1, 0.15) is 25.7 Å². The molecule has 1 radical (unpaired) electrons. The van der Waals surface area contributed by atoms with Crippen LogP contribution in [-0.4, -0.2) is 73.6 Å². The lowest BCUT2D eigenvalue weighted by Gasteiger charge is -2.37. The van der Waals surface area contributed by atoms with Crippen LogP contribution in [0.5, 0.6) is 0 Å². The fraction of sp³-hybridized carbons (Fsp3) is 0.929.